The molecule has 2 aliphatic heterocycles. The van der Waals surface area contributed by atoms with Crippen molar-refractivity contribution in [3.8, 4) is 0 Å². The molecule has 2 aromatic rings. The Kier molecular flexibility index (Phi) is 5.16. The third-order valence-electron chi connectivity index (χ3n) is 6.18. The van der Waals surface area contributed by atoms with Gasteiger partial charge in [-0.1, -0.05) is 34.6 Å². The minimum absolute atomic E-state index is 0.0125. The van der Waals surface area contributed by atoms with Crippen molar-refractivity contribution < 1.29 is 4.79 Å². The minimum Gasteiger partial charge on any atom is -0.354 e. The van der Waals surface area contributed by atoms with Gasteiger partial charge < -0.3 is 14.8 Å². The van der Waals surface area contributed by atoms with E-state index < -0.39 is 0 Å². The van der Waals surface area contributed by atoms with Crippen molar-refractivity contribution in [3.05, 3.63) is 51.8 Å². The van der Waals surface area contributed by atoms with Crippen LogP contribution in [0.1, 0.15) is 68.8 Å². The first-order valence-electron chi connectivity index (χ1n) is 10.8. The van der Waals surface area contributed by atoms with E-state index in [9.17, 15) is 9.59 Å². The summed E-state index contributed by atoms with van der Waals surface area (Å²) in [7, 11) is 0. The largest absolute Gasteiger partial charge is 0.354 e. The summed E-state index contributed by atoms with van der Waals surface area (Å²) in [5.74, 6) is 2.51. The molecule has 0 radical (unpaired) electrons. The van der Waals surface area contributed by atoms with Crippen molar-refractivity contribution in [2.75, 3.05) is 24.5 Å². The zero-order valence-electron chi connectivity index (χ0n) is 18.5. The molecule has 0 aliphatic carbocycles. The second kappa shape index (κ2) is 7.52. The van der Waals surface area contributed by atoms with Crippen LogP contribution in [0.15, 0.2) is 29.2 Å². The molecule has 1 N–H and O–H groups in total. The van der Waals surface area contributed by atoms with Crippen molar-refractivity contribution in [1.82, 2.24) is 19.9 Å². The number of carbonyl (C=O) groups is 1. The van der Waals surface area contributed by atoms with Crippen molar-refractivity contribution in [2.24, 2.45) is 5.92 Å². The smallest absolute Gasteiger partial charge is 0.255 e. The van der Waals surface area contributed by atoms with Gasteiger partial charge in [0.05, 0.1) is 17.3 Å². The molecule has 0 saturated carbocycles. The van der Waals surface area contributed by atoms with Crippen LogP contribution >= 0.6 is 0 Å². The summed E-state index contributed by atoms with van der Waals surface area (Å²) in [6, 6.07) is 5.29. The van der Waals surface area contributed by atoms with Gasteiger partial charge in [-0.15, -0.1) is 0 Å². The minimum atomic E-state index is -0.197. The number of hydrogen-bond acceptors (Lipinski definition) is 5. The average molecular weight is 410 g/mol. The summed E-state index contributed by atoms with van der Waals surface area (Å²) >= 11 is 0. The average Bonchev–Trinajstić information content (AvgIpc) is 3.28. The maximum absolute atomic E-state index is 13.0. The molecule has 2 atom stereocenters. The quantitative estimate of drug-likeness (QED) is 0.843. The lowest BCUT2D eigenvalue weighted by molar-refractivity contribution is 0.0738. The maximum atomic E-state index is 13.0. The van der Waals surface area contributed by atoms with Crippen LogP contribution < -0.4 is 10.5 Å². The SMILES string of the molecule is CC(C)c1nc(N2C[C@@H]3CCN(C(=O)c4ccc(=O)[nH]c4)[C@@H]3C2)cc(C(C)(C)C)n1. The summed E-state index contributed by atoms with van der Waals surface area (Å²) in [5.41, 5.74) is 1.34. The van der Waals surface area contributed by atoms with Gasteiger partial charge >= 0.3 is 0 Å². The maximum Gasteiger partial charge on any atom is 0.255 e. The first kappa shape index (κ1) is 20.6. The molecule has 2 aromatic heterocycles. The molecule has 0 spiro atoms. The standard InChI is InChI=1S/C23H31N5O2/c1-14(2)21-25-18(23(3,4)5)10-19(26-21)27-12-16-8-9-28(17(16)13-27)22(30)15-6-7-20(29)24-11-15/h6-7,10-11,14,16-17H,8-9,12-13H2,1-5H3,(H,24,29)/t16-,17+/m0/s1. The number of aromatic amines is 1. The molecule has 4 heterocycles. The van der Waals surface area contributed by atoms with Gasteiger partial charge in [-0.2, -0.15) is 0 Å². The molecule has 1 amide bonds. The summed E-state index contributed by atoms with van der Waals surface area (Å²) in [5, 5.41) is 0. The number of hydrogen-bond donors (Lipinski definition) is 1. The van der Waals surface area contributed by atoms with Gasteiger partial charge in [-0.05, 0) is 12.5 Å². The first-order valence-corrected chi connectivity index (χ1v) is 10.8. The zero-order chi connectivity index (χ0) is 21.6. The Bertz CT molecular complexity index is 987. The van der Waals surface area contributed by atoms with Gasteiger partial charge in [0, 0.05) is 55.2 Å². The highest BCUT2D eigenvalue weighted by Crippen LogP contribution is 2.35. The highest BCUT2D eigenvalue weighted by Gasteiger charge is 2.44. The molecular formula is C23H31N5O2. The predicted octanol–water partition coefficient (Wildman–Crippen LogP) is 2.94. The third kappa shape index (κ3) is 3.85. The van der Waals surface area contributed by atoms with Crippen molar-refractivity contribution in [2.45, 2.75) is 58.4 Å². The highest BCUT2D eigenvalue weighted by molar-refractivity contribution is 5.94. The Morgan fingerprint density at radius 2 is 1.97 bits per heavy atom. The van der Waals surface area contributed by atoms with E-state index in [1.165, 1.54) is 12.3 Å². The van der Waals surface area contributed by atoms with E-state index in [4.69, 9.17) is 9.97 Å². The predicted molar refractivity (Wildman–Crippen MR) is 117 cm³/mol. The van der Waals surface area contributed by atoms with E-state index >= 15 is 0 Å². The molecule has 160 valence electrons. The van der Waals surface area contributed by atoms with Crippen LogP contribution in [0.4, 0.5) is 5.82 Å². The Morgan fingerprint density at radius 1 is 1.20 bits per heavy atom. The number of carbonyl (C=O) groups excluding carboxylic acids is 1. The lowest BCUT2D eigenvalue weighted by Crippen LogP contribution is -2.40. The number of aromatic nitrogens is 3. The van der Waals surface area contributed by atoms with Crippen LogP contribution in [0.2, 0.25) is 0 Å². The number of amides is 1. The number of nitrogens with zero attached hydrogens (tertiary/aromatic N) is 4. The number of rotatable bonds is 3. The molecule has 30 heavy (non-hydrogen) atoms. The molecular weight excluding hydrogens is 378 g/mol. The molecule has 2 saturated heterocycles. The van der Waals surface area contributed by atoms with Crippen molar-refractivity contribution >= 4 is 11.7 Å². The molecule has 4 rings (SSSR count). The van der Waals surface area contributed by atoms with Crippen molar-refractivity contribution in [3.63, 3.8) is 0 Å². The van der Waals surface area contributed by atoms with Gasteiger partial charge in [0.25, 0.3) is 5.91 Å². The summed E-state index contributed by atoms with van der Waals surface area (Å²) in [4.78, 5) is 40.9. The first-order chi connectivity index (χ1) is 14.1. The number of fused-ring (bicyclic) bond motifs is 1. The topological polar surface area (TPSA) is 82.2 Å². The normalized spacial score (nSPS) is 21.4. The summed E-state index contributed by atoms with van der Waals surface area (Å²) < 4.78 is 0. The molecule has 7 heteroatoms. The van der Waals surface area contributed by atoms with Crippen LogP contribution in [0, 0.1) is 5.92 Å². The van der Waals surface area contributed by atoms with Crippen LogP contribution in [0.25, 0.3) is 0 Å². The van der Waals surface area contributed by atoms with E-state index in [-0.39, 0.29) is 28.8 Å². The summed E-state index contributed by atoms with van der Waals surface area (Å²) in [6.45, 7) is 13.2. The second-order valence-electron chi connectivity index (χ2n) is 9.84. The molecule has 7 nitrogen and oxygen atoms in total. The monoisotopic (exact) mass is 409 g/mol. The number of anilines is 1. The fraction of sp³-hybridized carbons (Fsp3) is 0.565. The van der Waals surface area contributed by atoms with E-state index in [0.717, 1.165) is 43.4 Å². The van der Waals surface area contributed by atoms with Gasteiger partial charge in [0.1, 0.15) is 11.6 Å². The molecule has 0 bridgehead atoms. The Morgan fingerprint density at radius 3 is 2.60 bits per heavy atom. The van der Waals surface area contributed by atoms with Gasteiger partial charge in [-0.25, -0.2) is 9.97 Å². The van der Waals surface area contributed by atoms with E-state index in [1.807, 2.05) is 4.90 Å². The molecule has 2 fully saturated rings. The fourth-order valence-electron chi connectivity index (χ4n) is 4.37. The lowest BCUT2D eigenvalue weighted by Gasteiger charge is -2.27. The molecule has 0 aromatic carbocycles. The Balaban J connectivity index is 1.58. The van der Waals surface area contributed by atoms with Crippen LogP contribution in [-0.2, 0) is 5.41 Å². The summed E-state index contributed by atoms with van der Waals surface area (Å²) in [6.07, 6.45) is 2.50. The number of nitrogens with one attached hydrogen (secondary N) is 1. The van der Waals surface area contributed by atoms with E-state index in [0.29, 0.717) is 11.5 Å². The Labute approximate surface area is 177 Å². The third-order valence-corrected chi connectivity index (χ3v) is 6.18. The van der Waals surface area contributed by atoms with E-state index in [1.54, 1.807) is 6.07 Å². The fourth-order valence-corrected chi connectivity index (χ4v) is 4.37. The zero-order valence-corrected chi connectivity index (χ0v) is 18.5. The van der Waals surface area contributed by atoms with Gasteiger partial charge in [-0.3, -0.25) is 9.59 Å². The molecule has 0 unspecified atom stereocenters. The van der Waals surface area contributed by atoms with Gasteiger partial charge in [0.15, 0.2) is 0 Å². The number of H-pyrrole nitrogens is 1. The van der Waals surface area contributed by atoms with Crippen molar-refractivity contribution in [1.29, 1.82) is 0 Å². The second-order valence-corrected chi connectivity index (χ2v) is 9.84. The van der Waals surface area contributed by atoms with E-state index in [2.05, 4.69) is 50.6 Å². The Hall–Kier alpha value is -2.70. The van der Waals surface area contributed by atoms with Crippen LogP contribution in [-0.4, -0.2) is 51.4 Å². The lowest BCUT2D eigenvalue weighted by atomic mass is 9.91. The number of likely N-dealkylation sites (tertiary alicyclic amines) is 1. The van der Waals surface area contributed by atoms with Crippen LogP contribution in [0.3, 0.4) is 0 Å². The highest BCUT2D eigenvalue weighted by atomic mass is 16.2. The van der Waals surface area contributed by atoms with Crippen LogP contribution in [0.5, 0.6) is 0 Å². The molecule has 2 aliphatic rings. The number of pyridine rings is 1. The van der Waals surface area contributed by atoms with Gasteiger partial charge in [0.2, 0.25) is 5.56 Å².